The number of rotatable bonds is 6. The zero-order valence-corrected chi connectivity index (χ0v) is 22.3. The molecular formula is C28H41ClN4. The zero-order valence-electron chi connectivity index (χ0n) is 21.5. The molecule has 0 aromatic heterocycles. The lowest BCUT2D eigenvalue weighted by molar-refractivity contribution is 0.835. The topological polar surface area (TPSA) is 66.2 Å². The maximum Gasteiger partial charge on any atom is 0.288 e. The van der Waals surface area contributed by atoms with Gasteiger partial charge in [0.1, 0.15) is 6.54 Å². The molecule has 0 unspecified atom stereocenters. The second kappa shape index (κ2) is 16.0. The summed E-state index contributed by atoms with van der Waals surface area (Å²) in [7, 11) is 0. The molecule has 2 rings (SSSR count). The van der Waals surface area contributed by atoms with Crippen molar-refractivity contribution in [3.05, 3.63) is 70.1 Å². The number of nitrogens with zero attached hydrogens (tertiary/aromatic N) is 2. The van der Waals surface area contributed by atoms with Crippen molar-refractivity contribution in [3.8, 4) is 6.07 Å². The summed E-state index contributed by atoms with van der Waals surface area (Å²) < 4.78 is 0. The van der Waals surface area contributed by atoms with Crippen molar-refractivity contribution in [3.63, 3.8) is 0 Å². The normalized spacial score (nSPS) is 10.2. The number of anilines is 2. The fourth-order valence-electron chi connectivity index (χ4n) is 3.49. The lowest BCUT2D eigenvalue weighted by Crippen LogP contribution is -2.07. The van der Waals surface area contributed by atoms with Gasteiger partial charge in [-0.05, 0) is 57.5 Å². The Morgan fingerprint density at radius 2 is 1.18 bits per heavy atom. The van der Waals surface area contributed by atoms with Crippen molar-refractivity contribution in [2.45, 2.75) is 79.1 Å². The Kier molecular flexibility index (Phi) is 14.7. The highest BCUT2D eigenvalue weighted by Crippen LogP contribution is 2.32. The first-order valence-corrected chi connectivity index (χ1v) is 12.1. The van der Waals surface area contributed by atoms with Crippen molar-refractivity contribution in [2.75, 3.05) is 23.6 Å². The Morgan fingerprint density at radius 3 is 1.45 bits per heavy atom. The molecule has 0 saturated carbocycles. The maximum atomic E-state index is 8.67. The Balaban J connectivity index is 0.000000542. The molecule has 0 radical (unpaired) electrons. The van der Waals surface area contributed by atoms with Crippen LogP contribution >= 0.6 is 11.6 Å². The Bertz CT molecular complexity index is 866. The van der Waals surface area contributed by atoms with E-state index in [1.807, 2.05) is 0 Å². The smallest absolute Gasteiger partial charge is 0.288 e. The average Bonchev–Trinajstić information content (AvgIpc) is 2.77. The fraction of sp³-hybridized carbons (Fsp3) is 0.500. The van der Waals surface area contributed by atoms with Gasteiger partial charge in [-0.2, -0.15) is 5.26 Å². The molecule has 2 aromatic carbocycles. The van der Waals surface area contributed by atoms with Crippen LogP contribution in [0.4, 0.5) is 11.4 Å². The van der Waals surface area contributed by atoms with Gasteiger partial charge < -0.3 is 11.1 Å². The molecule has 2 aromatic rings. The second-order valence-electron chi connectivity index (χ2n) is 9.07. The number of nitrogens with two attached hydrogens (primary N) is 1. The van der Waals surface area contributed by atoms with Crippen molar-refractivity contribution >= 4 is 23.0 Å². The lowest BCUT2D eigenvalue weighted by atomic mass is 9.92. The van der Waals surface area contributed by atoms with Gasteiger partial charge in [-0.1, -0.05) is 91.8 Å². The largest absolute Gasteiger partial charge is 0.398 e. The van der Waals surface area contributed by atoms with E-state index in [-0.39, 0.29) is 6.00 Å². The fourth-order valence-corrected chi connectivity index (χ4v) is 3.49. The van der Waals surface area contributed by atoms with E-state index in [1.54, 1.807) is 0 Å². The van der Waals surface area contributed by atoms with Gasteiger partial charge in [0, 0.05) is 11.4 Å². The minimum absolute atomic E-state index is 0.0833. The summed E-state index contributed by atoms with van der Waals surface area (Å²) in [5.74, 6) is 1.97. The molecule has 0 saturated heterocycles. The summed E-state index contributed by atoms with van der Waals surface area (Å²) in [6.45, 7) is 23.7. The molecule has 33 heavy (non-hydrogen) atoms. The number of nitrogens with one attached hydrogen (secondary N) is 1. The SMILES string of the molecule is CC(C)c1cccc(C(C)C)c1N.CC(C)c1cccc(C(C)C)c1NCC#N.[C-]#[N+]CCl. The first-order chi connectivity index (χ1) is 15.5. The number of hydrogen-bond acceptors (Lipinski definition) is 3. The van der Waals surface area contributed by atoms with Gasteiger partial charge in [-0.15, -0.1) is 0 Å². The predicted octanol–water partition coefficient (Wildman–Crippen LogP) is 8.49. The molecule has 4 nitrogen and oxygen atoms in total. The number of nitrogen functional groups attached to an aromatic ring is 1. The summed E-state index contributed by atoms with van der Waals surface area (Å²) in [5.41, 5.74) is 13.3. The van der Waals surface area contributed by atoms with E-state index in [4.69, 9.17) is 29.2 Å². The first-order valence-electron chi connectivity index (χ1n) is 11.5. The summed E-state index contributed by atoms with van der Waals surface area (Å²) in [4.78, 5) is 2.75. The summed E-state index contributed by atoms with van der Waals surface area (Å²) in [5, 5.41) is 11.9. The highest BCUT2D eigenvalue weighted by molar-refractivity contribution is 6.18. The van der Waals surface area contributed by atoms with E-state index in [2.05, 4.69) is 108 Å². The van der Waals surface area contributed by atoms with E-state index >= 15 is 0 Å². The molecule has 5 heteroatoms. The van der Waals surface area contributed by atoms with E-state index < -0.39 is 0 Å². The van der Waals surface area contributed by atoms with E-state index in [9.17, 15) is 0 Å². The van der Waals surface area contributed by atoms with Crippen molar-refractivity contribution in [1.29, 1.82) is 5.26 Å². The van der Waals surface area contributed by atoms with Gasteiger partial charge >= 0.3 is 0 Å². The van der Waals surface area contributed by atoms with Gasteiger partial charge in [0.2, 0.25) is 0 Å². The van der Waals surface area contributed by atoms with Gasteiger partial charge in [0.05, 0.1) is 6.07 Å². The molecule has 0 fully saturated rings. The van der Waals surface area contributed by atoms with Crippen LogP contribution in [0.25, 0.3) is 4.85 Å². The lowest BCUT2D eigenvalue weighted by Gasteiger charge is -2.19. The molecule has 0 spiro atoms. The minimum Gasteiger partial charge on any atom is -0.398 e. The van der Waals surface area contributed by atoms with Crippen LogP contribution in [0.5, 0.6) is 0 Å². The molecule has 0 aliphatic heterocycles. The second-order valence-corrected chi connectivity index (χ2v) is 9.31. The standard InChI is InChI=1S/C14H20N2.C12H19N.C2H2ClN/c1-10(2)12-6-5-7-13(11(3)4)14(12)16-9-8-15;1-8(2)10-6-5-7-11(9(3)4)12(10)13;1-4-2-3/h5-7,10-11,16H,9H2,1-4H3;5-9H,13H2,1-4H3;2H2. The average molecular weight is 469 g/mol. The van der Waals surface area contributed by atoms with E-state index in [0.717, 1.165) is 11.4 Å². The Hall–Kier alpha value is -2.69. The molecule has 0 heterocycles. The van der Waals surface area contributed by atoms with E-state index in [0.29, 0.717) is 30.2 Å². The van der Waals surface area contributed by atoms with Crippen molar-refractivity contribution in [1.82, 2.24) is 0 Å². The van der Waals surface area contributed by atoms with Crippen molar-refractivity contribution < 1.29 is 0 Å². The van der Waals surface area contributed by atoms with Gasteiger partial charge in [0.15, 0.2) is 0 Å². The molecule has 3 N–H and O–H groups in total. The number of benzene rings is 2. The third-order valence-electron chi connectivity index (χ3n) is 5.19. The quantitative estimate of drug-likeness (QED) is 0.147. The number of nitriles is 1. The molecule has 0 atom stereocenters. The van der Waals surface area contributed by atoms with Crippen molar-refractivity contribution in [2.24, 2.45) is 0 Å². The third kappa shape index (κ3) is 10.2. The van der Waals surface area contributed by atoms with Crippen LogP contribution in [0.3, 0.4) is 0 Å². The van der Waals surface area contributed by atoms with Gasteiger partial charge in [-0.3, -0.25) is 4.85 Å². The molecule has 0 aliphatic rings. The Labute approximate surface area is 207 Å². The van der Waals surface area contributed by atoms with Crippen LogP contribution in [0.1, 0.15) is 101 Å². The van der Waals surface area contributed by atoms with Crippen LogP contribution < -0.4 is 11.1 Å². The highest BCUT2D eigenvalue weighted by Gasteiger charge is 2.13. The molecule has 180 valence electrons. The van der Waals surface area contributed by atoms with Gasteiger partial charge in [0.25, 0.3) is 6.00 Å². The summed E-state index contributed by atoms with van der Waals surface area (Å²) in [6, 6.07) is 14.9. The van der Waals surface area contributed by atoms with Crippen LogP contribution in [0.2, 0.25) is 0 Å². The number of halogens is 1. The molecule has 0 amide bonds. The Morgan fingerprint density at radius 1 is 0.848 bits per heavy atom. The number of alkyl halides is 1. The van der Waals surface area contributed by atoms with E-state index in [1.165, 1.54) is 22.3 Å². The number of para-hydroxylation sites is 2. The van der Waals surface area contributed by atoms with Crippen LogP contribution in [-0.2, 0) is 0 Å². The monoisotopic (exact) mass is 468 g/mol. The molecular weight excluding hydrogens is 428 g/mol. The molecule has 0 aliphatic carbocycles. The highest BCUT2D eigenvalue weighted by atomic mass is 35.5. The minimum atomic E-state index is 0.0833. The first kappa shape index (κ1) is 30.3. The van der Waals surface area contributed by atoms with Crippen LogP contribution in [-0.4, -0.2) is 12.5 Å². The number of hydrogen-bond donors (Lipinski definition) is 2. The molecule has 0 bridgehead atoms. The zero-order chi connectivity index (χ0) is 25.6. The maximum absolute atomic E-state index is 8.67. The third-order valence-corrected chi connectivity index (χ3v) is 5.31. The summed E-state index contributed by atoms with van der Waals surface area (Å²) in [6.07, 6.45) is 0. The van der Waals surface area contributed by atoms with Crippen LogP contribution in [0, 0.1) is 17.9 Å². The van der Waals surface area contributed by atoms with Gasteiger partial charge in [-0.25, -0.2) is 6.57 Å². The predicted molar refractivity (Wildman–Crippen MR) is 145 cm³/mol. The van der Waals surface area contributed by atoms with Crippen LogP contribution in [0.15, 0.2) is 36.4 Å². The summed E-state index contributed by atoms with van der Waals surface area (Å²) >= 11 is 4.83.